The van der Waals surface area contributed by atoms with Crippen molar-refractivity contribution in [1.29, 1.82) is 0 Å². The Kier molecular flexibility index (Phi) is 4.95. The molecule has 1 aliphatic heterocycles. The number of nitrogens with zero attached hydrogens (tertiary/aromatic N) is 1. The van der Waals surface area contributed by atoms with Crippen molar-refractivity contribution in [2.75, 3.05) is 20.3 Å². The van der Waals surface area contributed by atoms with Crippen LogP contribution in [0, 0.1) is 0 Å². The number of nitrogens with one attached hydrogen (secondary N) is 1. The van der Waals surface area contributed by atoms with Crippen LogP contribution >= 0.6 is 11.3 Å². The minimum absolute atomic E-state index is 0.634. The highest BCUT2D eigenvalue weighted by atomic mass is 32.1. The topological polar surface area (TPSA) is 34.1 Å². The van der Waals surface area contributed by atoms with Gasteiger partial charge >= 0.3 is 0 Å². The summed E-state index contributed by atoms with van der Waals surface area (Å²) >= 11 is 1.90. The maximum absolute atomic E-state index is 5.42. The fourth-order valence-corrected chi connectivity index (χ4v) is 3.55. The Labute approximate surface area is 108 Å². The van der Waals surface area contributed by atoms with E-state index in [1.807, 2.05) is 18.4 Å². The fraction of sp³-hybridized carbons (Fsp3) is 0.769. The van der Waals surface area contributed by atoms with Gasteiger partial charge in [-0.15, -0.1) is 11.3 Å². The Morgan fingerprint density at radius 1 is 1.41 bits per heavy atom. The molecule has 2 rings (SSSR count). The number of hydrogen-bond donors (Lipinski definition) is 1. The molecule has 1 saturated heterocycles. The summed E-state index contributed by atoms with van der Waals surface area (Å²) in [5.74, 6) is 0.634. The van der Waals surface area contributed by atoms with Crippen molar-refractivity contribution in [3.63, 3.8) is 0 Å². The van der Waals surface area contributed by atoms with Crippen molar-refractivity contribution < 1.29 is 4.74 Å². The summed E-state index contributed by atoms with van der Waals surface area (Å²) in [7, 11) is 2.00. The second-order valence-electron chi connectivity index (χ2n) is 4.59. The molecule has 0 saturated carbocycles. The molecule has 1 fully saturated rings. The Morgan fingerprint density at radius 3 is 2.82 bits per heavy atom. The van der Waals surface area contributed by atoms with E-state index < -0.39 is 0 Å². The number of aryl methyl sites for hydroxylation is 1. The van der Waals surface area contributed by atoms with E-state index in [-0.39, 0.29) is 0 Å². The maximum Gasteiger partial charge on any atom is 0.0964 e. The monoisotopic (exact) mass is 254 g/mol. The quantitative estimate of drug-likeness (QED) is 0.877. The Morgan fingerprint density at radius 2 is 2.18 bits per heavy atom. The minimum Gasteiger partial charge on any atom is -0.381 e. The molecule has 2 heterocycles. The molecule has 0 unspecified atom stereocenters. The number of rotatable bonds is 5. The molecule has 1 aromatic heterocycles. The summed E-state index contributed by atoms with van der Waals surface area (Å²) in [6, 6.07) is 0. The van der Waals surface area contributed by atoms with Crippen LogP contribution in [0.25, 0.3) is 0 Å². The minimum atomic E-state index is 0.634. The van der Waals surface area contributed by atoms with Crippen LogP contribution in [-0.4, -0.2) is 25.2 Å². The molecule has 0 radical (unpaired) electrons. The average Bonchev–Trinajstić information content (AvgIpc) is 2.75. The van der Waals surface area contributed by atoms with Crippen LogP contribution in [0.15, 0.2) is 0 Å². The first kappa shape index (κ1) is 13.0. The molecule has 0 amide bonds. The van der Waals surface area contributed by atoms with Gasteiger partial charge in [-0.25, -0.2) is 4.98 Å². The number of hydrogen-bond acceptors (Lipinski definition) is 4. The molecule has 0 spiro atoms. The molecule has 0 aliphatic carbocycles. The lowest BCUT2D eigenvalue weighted by Gasteiger charge is -2.19. The lowest BCUT2D eigenvalue weighted by atomic mass is 10.0. The highest BCUT2D eigenvalue weighted by molar-refractivity contribution is 7.11. The normalized spacial score (nSPS) is 17.5. The van der Waals surface area contributed by atoms with Crippen LogP contribution in [0.5, 0.6) is 0 Å². The van der Waals surface area contributed by atoms with Crippen LogP contribution in [0.1, 0.15) is 47.7 Å². The van der Waals surface area contributed by atoms with Crippen LogP contribution < -0.4 is 5.32 Å². The number of ether oxygens (including phenoxy) is 1. The zero-order valence-electron chi connectivity index (χ0n) is 10.8. The van der Waals surface area contributed by atoms with Crippen LogP contribution in [0.3, 0.4) is 0 Å². The molecule has 4 heteroatoms. The summed E-state index contributed by atoms with van der Waals surface area (Å²) in [4.78, 5) is 6.29. The highest BCUT2D eigenvalue weighted by Gasteiger charge is 2.21. The molecule has 0 atom stereocenters. The predicted octanol–water partition coefficient (Wildman–Crippen LogP) is 2.71. The summed E-state index contributed by atoms with van der Waals surface area (Å²) in [5, 5.41) is 4.58. The first-order valence-corrected chi connectivity index (χ1v) is 7.37. The van der Waals surface area contributed by atoms with E-state index in [2.05, 4.69) is 12.2 Å². The van der Waals surface area contributed by atoms with E-state index in [1.54, 1.807) is 0 Å². The zero-order valence-corrected chi connectivity index (χ0v) is 11.6. The second kappa shape index (κ2) is 6.47. The standard InChI is InChI=1S/C13H22N2OS/c1-3-4-11-12(9-14-2)17-13(15-11)10-5-7-16-8-6-10/h10,14H,3-9H2,1-2H3. The fourth-order valence-electron chi connectivity index (χ4n) is 2.25. The third kappa shape index (κ3) is 3.27. The summed E-state index contributed by atoms with van der Waals surface area (Å²) in [5.41, 5.74) is 1.31. The van der Waals surface area contributed by atoms with E-state index in [4.69, 9.17) is 9.72 Å². The van der Waals surface area contributed by atoms with Gasteiger partial charge < -0.3 is 10.1 Å². The largest absolute Gasteiger partial charge is 0.381 e. The molecule has 1 N–H and O–H groups in total. The average molecular weight is 254 g/mol. The van der Waals surface area contributed by atoms with E-state index in [0.29, 0.717) is 5.92 Å². The van der Waals surface area contributed by atoms with Crippen molar-refractivity contribution in [3.05, 3.63) is 15.6 Å². The van der Waals surface area contributed by atoms with Gasteiger partial charge in [-0.1, -0.05) is 13.3 Å². The van der Waals surface area contributed by atoms with Gasteiger partial charge in [0.1, 0.15) is 0 Å². The number of aromatic nitrogens is 1. The van der Waals surface area contributed by atoms with Gasteiger partial charge in [0.25, 0.3) is 0 Å². The van der Waals surface area contributed by atoms with E-state index >= 15 is 0 Å². The second-order valence-corrected chi connectivity index (χ2v) is 5.70. The van der Waals surface area contributed by atoms with Gasteiger partial charge in [0.2, 0.25) is 0 Å². The van der Waals surface area contributed by atoms with Crippen molar-refractivity contribution >= 4 is 11.3 Å². The van der Waals surface area contributed by atoms with Crippen LogP contribution in [0.4, 0.5) is 0 Å². The summed E-state index contributed by atoms with van der Waals surface area (Å²) in [6.45, 7) is 4.97. The third-order valence-corrected chi connectivity index (χ3v) is 4.45. The molecule has 0 bridgehead atoms. The van der Waals surface area contributed by atoms with Gasteiger partial charge in [-0.3, -0.25) is 0 Å². The Balaban J connectivity index is 2.13. The molecule has 0 aromatic carbocycles. The van der Waals surface area contributed by atoms with Gasteiger partial charge in [0.15, 0.2) is 0 Å². The first-order valence-electron chi connectivity index (χ1n) is 6.56. The van der Waals surface area contributed by atoms with Crippen molar-refractivity contribution in [2.45, 2.75) is 45.1 Å². The lowest BCUT2D eigenvalue weighted by molar-refractivity contribution is 0.0852. The van der Waals surface area contributed by atoms with E-state index in [1.165, 1.54) is 22.0 Å². The van der Waals surface area contributed by atoms with Gasteiger partial charge in [-0.2, -0.15) is 0 Å². The van der Waals surface area contributed by atoms with Crippen molar-refractivity contribution in [1.82, 2.24) is 10.3 Å². The molecule has 1 aromatic rings. The molecule has 1 aliphatic rings. The van der Waals surface area contributed by atoms with E-state index in [0.717, 1.165) is 39.0 Å². The van der Waals surface area contributed by atoms with Crippen LogP contribution in [0.2, 0.25) is 0 Å². The van der Waals surface area contributed by atoms with Gasteiger partial charge in [0.05, 0.1) is 10.7 Å². The molecule has 3 nitrogen and oxygen atoms in total. The highest BCUT2D eigenvalue weighted by Crippen LogP contribution is 2.32. The SMILES string of the molecule is CCCc1nc(C2CCOCC2)sc1CNC. The summed E-state index contributed by atoms with van der Waals surface area (Å²) in [6.07, 6.45) is 4.56. The van der Waals surface area contributed by atoms with Crippen molar-refractivity contribution in [3.8, 4) is 0 Å². The Bertz CT molecular complexity index is 322. The summed E-state index contributed by atoms with van der Waals surface area (Å²) < 4.78 is 5.42. The maximum atomic E-state index is 5.42. The third-order valence-electron chi connectivity index (χ3n) is 3.19. The lowest BCUT2D eigenvalue weighted by Crippen LogP contribution is -2.13. The number of thiazole rings is 1. The van der Waals surface area contributed by atoms with Crippen molar-refractivity contribution in [2.24, 2.45) is 0 Å². The molecular formula is C13H22N2OS. The van der Waals surface area contributed by atoms with Gasteiger partial charge in [-0.05, 0) is 26.3 Å². The first-order chi connectivity index (χ1) is 8.35. The smallest absolute Gasteiger partial charge is 0.0964 e. The predicted molar refractivity (Wildman–Crippen MR) is 71.7 cm³/mol. The molecular weight excluding hydrogens is 232 g/mol. The van der Waals surface area contributed by atoms with Gasteiger partial charge in [0, 0.05) is 30.6 Å². The van der Waals surface area contributed by atoms with Crippen LogP contribution in [-0.2, 0) is 17.7 Å². The molecule has 96 valence electrons. The molecule has 17 heavy (non-hydrogen) atoms. The Hall–Kier alpha value is -0.450. The van der Waals surface area contributed by atoms with E-state index in [9.17, 15) is 0 Å². The zero-order chi connectivity index (χ0) is 12.1.